The predicted octanol–water partition coefficient (Wildman–Crippen LogP) is 2.96. The number of nitrogens with zero attached hydrogens (tertiary/aromatic N) is 3. The number of piperazine rings is 1. The number of carbonyl (C=O) groups excluding carboxylic acids is 1. The van der Waals surface area contributed by atoms with E-state index in [1.807, 2.05) is 24.3 Å². The Labute approximate surface area is 169 Å². The van der Waals surface area contributed by atoms with Gasteiger partial charge in [-0.25, -0.2) is 0 Å². The highest BCUT2D eigenvalue weighted by Gasteiger charge is 2.25. The summed E-state index contributed by atoms with van der Waals surface area (Å²) < 4.78 is 10.5. The van der Waals surface area contributed by atoms with Crippen molar-refractivity contribution < 1.29 is 19.2 Å². The van der Waals surface area contributed by atoms with E-state index in [9.17, 15) is 14.9 Å². The highest BCUT2D eigenvalue weighted by atomic mass is 16.6. The molecule has 0 radical (unpaired) electrons. The fraction of sp³-hybridized carbons (Fsp3) is 0.381. The predicted molar refractivity (Wildman–Crippen MR) is 108 cm³/mol. The molecular weight excluding hydrogens is 374 g/mol. The number of hydrogen-bond acceptors (Lipinski definition) is 6. The zero-order valence-electron chi connectivity index (χ0n) is 16.7. The fourth-order valence-electron chi connectivity index (χ4n) is 3.35. The van der Waals surface area contributed by atoms with Gasteiger partial charge in [-0.1, -0.05) is 12.1 Å². The van der Waals surface area contributed by atoms with E-state index in [0.29, 0.717) is 25.3 Å². The molecule has 0 atom stereocenters. The number of rotatable bonds is 7. The van der Waals surface area contributed by atoms with E-state index < -0.39 is 4.92 Å². The summed E-state index contributed by atoms with van der Waals surface area (Å²) >= 11 is 0. The van der Waals surface area contributed by atoms with Gasteiger partial charge in [0.05, 0.1) is 18.6 Å². The number of carbonyl (C=O) groups is 1. The van der Waals surface area contributed by atoms with Gasteiger partial charge in [-0.15, -0.1) is 0 Å². The lowest BCUT2D eigenvalue weighted by Crippen LogP contribution is -2.48. The summed E-state index contributed by atoms with van der Waals surface area (Å²) in [7, 11) is 1.64. The first-order valence-electron chi connectivity index (χ1n) is 9.57. The van der Waals surface area contributed by atoms with Crippen LogP contribution in [0.4, 0.5) is 5.69 Å². The summed E-state index contributed by atoms with van der Waals surface area (Å²) in [6, 6.07) is 12.3. The van der Waals surface area contributed by atoms with Crippen molar-refractivity contribution in [3.63, 3.8) is 0 Å². The number of nitro benzene ring substituents is 1. The van der Waals surface area contributed by atoms with Crippen molar-refractivity contribution in [1.82, 2.24) is 9.80 Å². The average molecular weight is 399 g/mol. The van der Waals surface area contributed by atoms with E-state index >= 15 is 0 Å². The first-order valence-corrected chi connectivity index (χ1v) is 9.57. The minimum atomic E-state index is -0.519. The molecule has 0 N–H and O–H groups in total. The van der Waals surface area contributed by atoms with Crippen LogP contribution in [0.15, 0.2) is 42.5 Å². The summed E-state index contributed by atoms with van der Waals surface area (Å²) in [4.78, 5) is 27.6. The summed E-state index contributed by atoms with van der Waals surface area (Å²) in [5, 5.41) is 11.3. The normalized spacial score (nSPS) is 14.5. The summed E-state index contributed by atoms with van der Waals surface area (Å²) in [6.45, 7) is 5.54. The van der Waals surface area contributed by atoms with Gasteiger partial charge >= 0.3 is 5.69 Å². The molecule has 29 heavy (non-hydrogen) atoms. The summed E-state index contributed by atoms with van der Waals surface area (Å²) in [5.74, 6) is 0.812. The molecule has 1 amide bonds. The Morgan fingerprint density at radius 2 is 1.79 bits per heavy atom. The molecule has 1 heterocycles. The lowest BCUT2D eigenvalue weighted by atomic mass is 10.1. The van der Waals surface area contributed by atoms with Crippen LogP contribution in [0.5, 0.6) is 11.5 Å². The van der Waals surface area contributed by atoms with Gasteiger partial charge in [0.2, 0.25) is 0 Å². The van der Waals surface area contributed by atoms with Crippen LogP contribution in [-0.2, 0) is 6.54 Å². The van der Waals surface area contributed by atoms with Gasteiger partial charge in [-0.3, -0.25) is 19.8 Å². The lowest BCUT2D eigenvalue weighted by Gasteiger charge is -2.34. The number of methoxy groups -OCH3 is 1. The highest BCUT2D eigenvalue weighted by Crippen LogP contribution is 2.28. The Bertz CT molecular complexity index is 861. The largest absolute Gasteiger partial charge is 0.497 e. The van der Waals surface area contributed by atoms with E-state index in [-0.39, 0.29) is 17.3 Å². The van der Waals surface area contributed by atoms with Gasteiger partial charge in [0.15, 0.2) is 5.75 Å². The Morgan fingerprint density at radius 3 is 2.38 bits per heavy atom. The summed E-state index contributed by atoms with van der Waals surface area (Å²) in [6.07, 6.45) is 0. The van der Waals surface area contributed by atoms with Gasteiger partial charge in [-0.2, -0.15) is 0 Å². The smallest absolute Gasteiger partial charge is 0.311 e. The molecular formula is C21H25N3O5. The van der Waals surface area contributed by atoms with Crippen molar-refractivity contribution in [3.8, 4) is 11.5 Å². The lowest BCUT2D eigenvalue weighted by molar-refractivity contribution is -0.385. The maximum atomic E-state index is 12.8. The van der Waals surface area contributed by atoms with Gasteiger partial charge in [-0.05, 0) is 36.8 Å². The van der Waals surface area contributed by atoms with E-state index in [1.54, 1.807) is 25.0 Å². The van der Waals surface area contributed by atoms with Crippen molar-refractivity contribution in [2.75, 3.05) is 39.9 Å². The SMILES string of the molecule is CCOc1ccc(C(=O)N2CCN(Cc3ccc(OC)cc3)CC2)cc1[N+](=O)[O-]. The molecule has 8 heteroatoms. The Morgan fingerprint density at radius 1 is 1.10 bits per heavy atom. The molecule has 2 aromatic carbocycles. The molecule has 1 fully saturated rings. The van der Waals surface area contributed by atoms with Crippen LogP contribution in [0.25, 0.3) is 0 Å². The highest BCUT2D eigenvalue weighted by molar-refractivity contribution is 5.95. The van der Waals surface area contributed by atoms with E-state index in [0.717, 1.165) is 25.4 Å². The second-order valence-electron chi connectivity index (χ2n) is 6.79. The number of amides is 1. The monoisotopic (exact) mass is 399 g/mol. The third-order valence-electron chi connectivity index (χ3n) is 4.93. The molecule has 8 nitrogen and oxygen atoms in total. The molecule has 0 aliphatic carbocycles. The number of benzene rings is 2. The minimum absolute atomic E-state index is 0.179. The Hall–Kier alpha value is -3.13. The molecule has 1 saturated heterocycles. The van der Waals surface area contributed by atoms with E-state index in [4.69, 9.17) is 9.47 Å². The number of nitro groups is 1. The van der Waals surface area contributed by atoms with Crippen LogP contribution < -0.4 is 9.47 Å². The van der Waals surface area contributed by atoms with Crippen molar-refractivity contribution >= 4 is 11.6 Å². The van der Waals surface area contributed by atoms with Gasteiger partial charge in [0.1, 0.15) is 5.75 Å². The molecule has 0 spiro atoms. The van der Waals surface area contributed by atoms with Crippen LogP contribution in [0.1, 0.15) is 22.8 Å². The number of hydrogen-bond donors (Lipinski definition) is 0. The molecule has 0 saturated carbocycles. The van der Waals surface area contributed by atoms with Crippen LogP contribution in [0, 0.1) is 10.1 Å². The van der Waals surface area contributed by atoms with Crippen LogP contribution in [0.3, 0.4) is 0 Å². The fourth-order valence-corrected chi connectivity index (χ4v) is 3.35. The van der Waals surface area contributed by atoms with Crippen molar-refractivity contribution in [2.24, 2.45) is 0 Å². The van der Waals surface area contributed by atoms with Crippen LogP contribution in [-0.4, -0.2) is 60.5 Å². The first kappa shape index (κ1) is 20.6. The molecule has 1 aliphatic rings. The molecule has 1 aliphatic heterocycles. The van der Waals surface area contributed by atoms with Gasteiger partial charge < -0.3 is 14.4 Å². The topological polar surface area (TPSA) is 85.2 Å². The molecule has 2 aromatic rings. The van der Waals surface area contributed by atoms with Gasteiger partial charge in [0, 0.05) is 44.4 Å². The van der Waals surface area contributed by atoms with E-state index in [1.165, 1.54) is 17.7 Å². The average Bonchev–Trinajstić information content (AvgIpc) is 2.74. The quantitative estimate of drug-likeness (QED) is 0.526. The molecule has 0 bridgehead atoms. The Balaban J connectivity index is 1.60. The van der Waals surface area contributed by atoms with E-state index in [2.05, 4.69) is 4.90 Å². The van der Waals surface area contributed by atoms with Crippen LogP contribution in [0.2, 0.25) is 0 Å². The summed E-state index contributed by atoms with van der Waals surface area (Å²) in [5.41, 5.74) is 1.31. The second kappa shape index (κ2) is 9.38. The van der Waals surface area contributed by atoms with Crippen molar-refractivity contribution in [3.05, 3.63) is 63.7 Å². The molecule has 0 aromatic heterocycles. The number of ether oxygens (including phenoxy) is 2. The van der Waals surface area contributed by atoms with Crippen LogP contribution >= 0.6 is 0 Å². The molecule has 0 unspecified atom stereocenters. The third-order valence-corrected chi connectivity index (χ3v) is 4.93. The van der Waals surface area contributed by atoms with Crippen molar-refractivity contribution in [2.45, 2.75) is 13.5 Å². The zero-order chi connectivity index (χ0) is 20.8. The first-order chi connectivity index (χ1) is 14.0. The third kappa shape index (κ3) is 5.03. The van der Waals surface area contributed by atoms with Gasteiger partial charge in [0.25, 0.3) is 5.91 Å². The van der Waals surface area contributed by atoms with Crippen molar-refractivity contribution in [1.29, 1.82) is 0 Å². The standard InChI is InChI=1S/C21H25N3O5/c1-3-29-20-9-6-17(14-19(20)24(26)27)21(25)23-12-10-22(11-13-23)15-16-4-7-18(28-2)8-5-16/h4-9,14H,3,10-13,15H2,1-2H3. The second-order valence-corrected chi connectivity index (χ2v) is 6.79. The maximum Gasteiger partial charge on any atom is 0.311 e. The molecule has 3 rings (SSSR count). The Kier molecular flexibility index (Phi) is 6.66. The molecule has 154 valence electrons. The zero-order valence-corrected chi connectivity index (χ0v) is 16.7. The minimum Gasteiger partial charge on any atom is -0.497 e. The maximum absolute atomic E-state index is 12.8.